The Bertz CT molecular complexity index is 303. The second-order valence-electron chi connectivity index (χ2n) is 2.13. The second-order valence-corrected chi connectivity index (χ2v) is 3.21. The third-order valence-electron chi connectivity index (χ3n) is 1.32. The predicted molar refractivity (Wildman–Crippen MR) is 50.7 cm³/mol. The quantitative estimate of drug-likeness (QED) is 0.773. The van der Waals surface area contributed by atoms with Crippen molar-refractivity contribution in [3.05, 3.63) is 15.5 Å². The van der Waals surface area contributed by atoms with E-state index < -0.39 is 12.1 Å². The van der Waals surface area contributed by atoms with Crippen molar-refractivity contribution in [1.82, 2.24) is 4.98 Å². The van der Waals surface area contributed by atoms with Crippen LogP contribution >= 0.6 is 22.6 Å². The maximum absolute atomic E-state index is 12.2. The topological polar surface area (TPSA) is 64.9 Å². The minimum absolute atomic E-state index is 0.0365. The molecule has 0 fully saturated rings. The van der Waals surface area contributed by atoms with E-state index in [2.05, 4.69) is 4.98 Å². The van der Waals surface area contributed by atoms with E-state index in [0.29, 0.717) is 9.26 Å². The summed E-state index contributed by atoms with van der Waals surface area (Å²) in [7, 11) is 0. The molecule has 0 aromatic carbocycles. The average Bonchev–Trinajstić information content (AvgIpc) is 2.00. The summed E-state index contributed by atoms with van der Waals surface area (Å²) < 4.78 is 24.7. The lowest BCUT2D eigenvalue weighted by molar-refractivity contribution is 0.147. The molecular weight excluding hydrogens is 279 g/mol. The van der Waals surface area contributed by atoms with E-state index in [4.69, 9.17) is 11.5 Å². The Labute approximate surface area is 81.3 Å². The molecule has 1 rings (SSSR count). The van der Waals surface area contributed by atoms with E-state index in [0.717, 1.165) is 0 Å². The Hall–Kier alpha value is -0.660. The molecule has 4 N–H and O–H groups in total. The van der Waals surface area contributed by atoms with E-state index >= 15 is 0 Å². The van der Waals surface area contributed by atoms with Crippen LogP contribution in [-0.2, 0) is 0 Å². The largest absolute Gasteiger partial charge is 0.397 e. The first-order valence-corrected chi connectivity index (χ1v) is 4.09. The highest BCUT2D eigenvalue weighted by Gasteiger charge is 2.16. The lowest BCUT2D eigenvalue weighted by atomic mass is 10.3. The summed E-state index contributed by atoms with van der Waals surface area (Å²) in [4.78, 5) is 3.43. The van der Waals surface area contributed by atoms with E-state index in [9.17, 15) is 8.78 Å². The number of halogens is 3. The zero-order valence-corrected chi connectivity index (χ0v) is 8.05. The fraction of sp³-hybridized carbons (Fsp3) is 0.167. The molecule has 0 saturated heterocycles. The van der Waals surface area contributed by atoms with Gasteiger partial charge in [-0.25, -0.2) is 8.78 Å². The molecule has 0 saturated carbocycles. The molecule has 0 spiro atoms. The first-order chi connectivity index (χ1) is 5.54. The van der Waals surface area contributed by atoms with E-state index in [1.807, 2.05) is 0 Å². The van der Waals surface area contributed by atoms with Gasteiger partial charge in [-0.05, 0) is 22.6 Å². The van der Waals surface area contributed by atoms with Crippen LogP contribution in [0.25, 0.3) is 0 Å². The molecule has 6 heteroatoms. The van der Waals surface area contributed by atoms with Crippen LogP contribution in [0.5, 0.6) is 0 Å². The van der Waals surface area contributed by atoms with Gasteiger partial charge < -0.3 is 11.5 Å². The lowest BCUT2D eigenvalue weighted by Gasteiger charge is -2.06. The van der Waals surface area contributed by atoms with Gasteiger partial charge in [0, 0.05) is 0 Å². The fourth-order valence-corrected chi connectivity index (χ4v) is 1.12. The number of anilines is 2. The zero-order chi connectivity index (χ0) is 9.30. The number of alkyl halides is 2. The fourth-order valence-electron chi connectivity index (χ4n) is 0.707. The molecule has 12 heavy (non-hydrogen) atoms. The molecular formula is C6H6F2IN3. The number of nitrogen functional groups attached to an aromatic ring is 2. The first kappa shape index (κ1) is 9.43. The van der Waals surface area contributed by atoms with Gasteiger partial charge in [0.2, 0.25) is 0 Å². The van der Waals surface area contributed by atoms with Crippen molar-refractivity contribution in [1.29, 1.82) is 0 Å². The molecule has 0 aliphatic heterocycles. The number of hydrogen-bond donors (Lipinski definition) is 2. The molecule has 0 atom stereocenters. The van der Waals surface area contributed by atoms with Crippen molar-refractivity contribution in [3.63, 3.8) is 0 Å². The Balaban J connectivity index is 3.27. The Morgan fingerprint density at radius 1 is 1.42 bits per heavy atom. The monoisotopic (exact) mass is 285 g/mol. The molecule has 1 aromatic heterocycles. The van der Waals surface area contributed by atoms with E-state index in [-0.39, 0.29) is 5.69 Å². The van der Waals surface area contributed by atoms with Crippen LogP contribution in [0.15, 0.2) is 6.20 Å². The van der Waals surface area contributed by atoms with Crippen LogP contribution in [0.3, 0.4) is 0 Å². The zero-order valence-electron chi connectivity index (χ0n) is 5.89. The maximum Gasteiger partial charge on any atom is 0.282 e. The van der Waals surface area contributed by atoms with Gasteiger partial charge in [-0.1, -0.05) is 0 Å². The Morgan fingerprint density at radius 2 is 2.00 bits per heavy atom. The van der Waals surface area contributed by atoms with Crippen LogP contribution in [0.2, 0.25) is 0 Å². The number of nitrogens with two attached hydrogens (primary N) is 2. The summed E-state index contributed by atoms with van der Waals surface area (Å²) in [5.41, 5.74) is 10.6. The van der Waals surface area contributed by atoms with Gasteiger partial charge in [-0.2, -0.15) is 0 Å². The maximum atomic E-state index is 12.2. The van der Waals surface area contributed by atoms with Crippen molar-refractivity contribution in [2.45, 2.75) is 6.43 Å². The summed E-state index contributed by atoms with van der Waals surface area (Å²) in [5, 5.41) is 0. The molecule has 1 aromatic rings. The molecule has 0 radical (unpaired) electrons. The van der Waals surface area contributed by atoms with Crippen LogP contribution < -0.4 is 11.5 Å². The van der Waals surface area contributed by atoms with Gasteiger partial charge in [-0.15, -0.1) is 0 Å². The van der Waals surface area contributed by atoms with Gasteiger partial charge in [0.25, 0.3) is 6.43 Å². The first-order valence-electron chi connectivity index (χ1n) is 3.01. The third kappa shape index (κ3) is 1.57. The Kier molecular flexibility index (Phi) is 2.65. The number of pyridine rings is 1. The predicted octanol–water partition coefficient (Wildman–Crippen LogP) is 1.79. The lowest BCUT2D eigenvalue weighted by Crippen LogP contribution is -2.04. The van der Waals surface area contributed by atoms with Crippen LogP contribution in [-0.4, -0.2) is 4.98 Å². The normalized spacial score (nSPS) is 10.7. The number of rotatable bonds is 1. The number of aromatic nitrogens is 1. The van der Waals surface area contributed by atoms with Gasteiger partial charge in [-0.3, -0.25) is 4.98 Å². The van der Waals surface area contributed by atoms with Gasteiger partial charge >= 0.3 is 0 Å². The van der Waals surface area contributed by atoms with Gasteiger partial charge in [0.05, 0.1) is 21.1 Å². The van der Waals surface area contributed by atoms with Crippen LogP contribution in [0.1, 0.15) is 12.1 Å². The molecule has 0 aliphatic carbocycles. The molecule has 1 heterocycles. The van der Waals surface area contributed by atoms with Crippen molar-refractivity contribution in [2.24, 2.45) is 0 Å². The molecule has 0 amide bonds. The van der Waals surface area contributed by atoms with Crippen LogP contribution in [0.4, 0.5) is 20.2 Å². The SMILES string of the molecule is Nc1cnc(C(F)F)c(N)c1I. The summed E-state index contributed by atoms with van der Waals surface area (Å²) >= 11 is 1.80. The minimum Gasteiger partial charge on any atom is -0.397 e. The highest BCUT2D eigenvalue weighted by Crippen LogP contribution is 2.29. The van der Waals surface area contributed by atoms with E-state index in [1.165, 1.54) is 6.20 Å². The number of hydrogen-bond acceptors (Lipinski definition) is 3. The van der Waals surface area contributed by atoms with Crippen LogP contribution in [0, 0.1) is 3.57 Å². The third-order valence-corrected chi connectivity index (χ3v) is 2.52. The average molecular weight is 285 g/mol. The standard InChI is InChI=1S/C6H6F2IN3/c7-6(8)5-4(11)3(9)2(10)1-12-5/h1,6H,10-11H2. The summed E-state index contributed by atoms with van der Waals surface area (Å²) in [6.45, 7) is 0. The number of nitrogens with zero attached hydrogens (tertiary/aromatic N) is 1. The molecule has 3 nitrogen and oxygen atoms in total. The van der Waals surface area contributed by atoms with Crippen molar-refractivity contribution in [2.75, 3.05) is 11.5 Å². The summed E-state index contributed by atoms with van der Waals surface area (Å²) in [6, 6.07) is 0. The molecule has 66 valence electrons. The summed E-state index contributed by atoms with van der Waals surface area (Å²) in [6.07, 6.45) is -1.47. The smallest absolute Gasteiger partial charge is 0.282 e. The van der Waals surface area contributed by atoms with Gasteiger partial charge in [0.15, 0.2) is 0 Å². The molecule has 0 unspecified atom stereocenters. The molecule has 0 bridgehead atoms. The van der Waals surface area contributed by atoms with Crippen molar-refractivity contribution in [3.8, 4) is 0 Å². The second kappa shape index (κ2) is 3.38. The van der Waals surface area contributed by atoms with Crippen molar-refractivity contribution >= 4 is 34.0 Å². The van der Waals surface area contributed by atoms with Crippen molar-refractivity contribution < 1.29 is 8.78 Å². The highest BCUT2D eigenvalue weighted by molar-refractivity contribution is 14.1. The Morgan fingerprint density at radius 3 is 2.50 bits per heavy atom. The summed E-state index contributed by atoms with van der Waals surface area (Å²) in [5.74, 6) is 0. The molecule has 0 aliphatic rings. The highest BCUT2D eigenvalue weighted by atomic mass is 127. The minimum atomic E-state index is -2.65. The van der Waals surface area contributed by atoms with E-state index in [1.54, 1.807) is 22.6 Å². The van der Waals surface area contributed by atoms with Gasteiger partial charge in [0.1, 0.15) is 5.69 Å².